The fourth-order valence-corrected chi connectivity index (χ4v) is 2.66. The van der Waals surface area contributed by atoms with Crippen LogP contribution < -0.4 is 10.1 Å². The summed E-state index contributed by atoms with van der Waals surface area (Å²) in [5, 5.41) is 3.48. The molecule has 1 N–H and O–H groups in total. The highest BCUT2D eigenvalue weighted by atomic mass is 16.5. The van der Waals surface area contributed by atoms with E-state index in [1.807, 2.05) is 0 Å². The molecule has 0 aliphatic carbocycles. The molecular formula is C16H26N2O. The lowest BCUT2D eigenvalue weighted by molar-refractivity contribution is 0.198. The van der Waals surface area contributed by atoms with Gasteiger partial charge in [0, 0.05) is 25.7 Å². The maximum absolute atomic E-state index is 5.52. The van der Waals surface area contributed by atoms with Crippen LogP contribution in [0.2, 0.25) is 0 Å². The van der Waals surface area contributed by atoms with Crippen LogP contribution in [0.4, 0.5) is 0 Å². The van der Waals surface area contributed by atoms with E-state index < -0.39 is 0 Å². The van der Waals surface area contributed by atoms with E-state index in [0.29, 0.717) is 12.0 Å². The highest BCUT2D eigenvalue weighted by molar-refractivity contribution is 5.39. The summed E-state index contributed by atoms with van der Waals surface area (Å²) in [5.41, 5.74) is 2.72. The highest BCUT2D eigenvalue weighted by Gasteiger charge is 2.20. The van der Waals surface area contributed by atoms with Gasteiger partial charge in [-0.05, 0) is 36.6 Å². The number of likely N-dealkylation sites (N-methyl/N-ethyl adjacent to an activating group) is 1. The van der Waals surface area contributed by atoms with Gasteiger partial charge in [0.05, 0.1) is 7.11 Å². The minimum Gasteiger partial charge on any atom is -0.496 e. The predicted octanol–water partition coefficient (Wildman–Crippen LogP) is 2.26. The van der Waals surface area contributed by atoms with E-state index in [0.717, 1.165) is 31.8 Å². The quantitative estimate of drug-likeness (QED) is 0.901. The molecule has 106 valence electrons. The third-order valence-corrected chi connectivity index (χ3v) is 4.07. The Labute approximate surface area is 116 Å². The fourth-order valence-electron chi connectivity index (χ4n) is 2.66. The number of piperazine rings is 1. The monoisotopic (exact) mass is 262 g/mol. The Kier molecular flexibility index (Phi) is 4.83. The maximum Gasteiger partial charge on any atom is 0.122 e. The second kappa shape index (κ2) is 6.40. The average molecular weight is 262 g/mol. The van der Waals surface area contributed by atoms with E-state index in [2.05, 4.69) is 49.3 Å². The fraction of sp³-hybridized carbons (Fsp3) is 0.625. The Morgan fingerprint density at radius 3 is 2.84 bits per heavy atom. The number of methoxy groups -OCH3 is 1. The Morgan fingerprint density at radius 2 is 2.21 bits per heavy atom. The van der Waals surface area contributed by atoms with E-state index in [9.17, 15) is 0 Å². The Balaban J connectivity index is 2.19. The highest BCUT2D eigenvalue weighted by Crippen LogP contribution is 2.26. The van der Waals surface area contributed by atoms with E-state index >= 15 is 0 Å². The van der Waals surface area contributed by atoms with Gasteiger partial charge in [-0.2, -0.15) is 0 Å². The van der Waals surface area contributed by atoms with Gasteiger partial charge in [0.25, 0.3) is 0 Å². The van der Waals surface area contributed by atoms with Crippen molar-refractivity contribution in [3.63, 3.8) is 0 Å². The second-order valence-corrected chi connectivity index (χ2v) is 5.77. The van der Waals surface area contributed by atoms with Crippen LogP contribution in [0, 0.1) is 0 Å². The first kappa shape index (κ1) is 14.4. The summed E-state index contributed by atoms with van der Waals surface area (Å²) < 4.78 is 5.52. The second-order valence-electron chi connectivity index (χ2n) is 5.77. The van der Waals surface area contributed by atoms with Crippen molar-refractivity contribution in [3.05, 3.63) is 29.3 Å². The summed E-state index contributed by atoms with van der Waals surface area (Å²) in [6.45, 7) is 7.75. The van der Waals surface area contributed by atoms with Crippen molar-refractivity contribution in [2.75, 3.05) is 33.8 Å². The Bertz CT molecular complexity index is 417. The largest absolute Gasteiger partial charge is 0.496 e. The number of rotatable bonds is 4. The lowest BCUT2D eigenvalue weighted by Crippen LogP contribution is -2.50. The summed E-state index contributed by atoms with van der Waals surface area (Å²) in [4.78, 5) is 2.44. The molecule has 0 bridgehead atoms. The van der Waals surface area contributed by atoms with Gasteiger partial charge in [0.1, 0.15) is 5.75 Å². The van der Waals surface area contributed by atoms with E-state index in [1.165, 1.54) is 11.1 Å². The molecular weight excluding hydrogens is 236 g/mol. The summed E-state index contributed by atoms with van der Waals surface area (Å²) in [6.07, 6.45) is 1.05. The molecule has 0 aromatic heterocycles. The smallest absolute Gasteiger partial charge is 0.122 e. The van der Waals surface area contributed by atoms with Crippen LogP contribution in [0.25, 0.3) is 0 Å². The van der Waals surface area contributed by atoms with Crippen LogP contribution in [0.3, 0.4) is 0 Å². The van der Waals surface area contributed by atoms with Gasteiger partial charge < -0.3 is 15.0 Å². The summed E-state index contributed by atoms with van der Waals surface area (Å²) in [6, 6.07) is 7.16. The molecule has 1 aromatic carbocycles. The molecule has 1 aliphatic rings. The zero-order valence-corrected chi connectivity index (χ0v) is 12.6. The topological polar surface area (TPSA) is 24.5 Å². The predicted molar refractivity (Wildman–Crippen MR) is 80.1 cm³/mol. The molecule has 19 heavy (non-hydrogen) atoms. The molecule has 1 heterocycles. The molecule has 0 amide bonds. The SMILES string of the molecule is COc1ccc(C(C)C)cc1CC1CNCCN1C. The van der Waals surface area contributed by atoms with Crippen LogP contribution in [0.15, 0.2) is 18.2 Å². The van der Waals surface area contributed by atoms with Crippen molar-refractivity contribution < 1.29 is 4.74 Å². The molecule has 2 rings (SSSR count). The van der Waals surface area contributed by atoms with Crippen LogP contribution in [0.1, 0.15) is 30.9 Å². The van der Waals surface area contributed by atoms with Gasteiger partial charge in [0.2, 0.25) is 0 Å². The van der Waals surface area contributed by atoms with Gasteiger partial charge in [0.15, 0.2) is 0 Å². The summed E-state index contributed by atoms with van der Waals surface area (Å²) >= 11 is 0. The zero-order chi connectivity index (χ0) is 13.8. The lowest BCUT2D eigenvalue weighted by Gasteiger charge is -2.33. The number of nitrogens with zero attached hydrogens (tertiary/aromatic N) is 1. The van der Waals surface area contributed by atoms with Crippen molar-refractivity contribution in [1.82, 2.24) is 10.2 Å². The van der Waals surface area contributed by atoms with Crippen LogP contribution in [-0.4, -0.2) is 44.7 Å². The zero-order valence-electron chi connectivity index (χ0n) is 12.6. The van der Waals surface area contributed by atoms with Crippen molar-refractivity contribution >= 4 is 0 Å². The Hall–Kier alpha value is -1.06. The summed E-state index contributed by atoms with van der Waals surface area (Å²) in [7, 11) is 3.97. The van der Waals surface area contributed by atoms with E-state index in [4.69, 9.17) is 4.74 Å². The average Bonchev–Trinajstić information content (AvgIpc) is 2.41. The van der Waals surface area contributed by atoms with Crippen molar-refractivity contribution in [2.24, 2.45) is 0 Å². The molecule has 3 nitrogen and oxygen atoms in total. The number of ether oxygens (including phenoxy) is 1. The number of nitrogens with one attached hydrogen (secondary N) is 1. The molecule has 1 fully saturated rings. The normalized spacial score (nSPS) is 20.8. The number of hydrogen-bond donors (Lipinski definition) is 1. The van der Waals surface area contributed by atoms with Gasteiger partial charge in [-0.15, -0.1) is 0 Å². The van der Waals surface area contributed by atoms with Gasteiger partial charge in [-0.3, -0.25) is 0 Å². The lowest BCUT2D eigenvalue weighted by atomic mass is 9.96. The first-order valence-electron chi connectivity index (χ1n) is 7.19. The van der Waals surface area contributed by atoms with Crippen molar-refractivity contribution in [2.45, 2.75) is 32.2 Å². The van der Waals surface area contributed by atoms with Gasteiger partial charge >= 0.3 is 0 Å². The molecule has 0 saturated carbocycles. The molecule has 1 aliphatic heterocycles. The number of benzene rings is 1. The van der Waals surface area contributed by atoms with Gasteiger partial charge in [-0.1, -0.05) is 26.0 Å². The number of hydrogen-bond acceptors (Lipinski definition) is 3. The van der Waals surface area contributed by atoms with E-state index in [1.54, 1.807) is 7.11 Å². The molecule has 0 radical (unpaired) electrons. The maximum atomic E-state index is 5.52. The van der Waals surface area contributed by atoms with Gasteiger partial charge in [-0.25, -0.2) is 0 Å². The molecule has 1 saturated heterocycles. The Morgan fingerprint density at radius 1 is 1.42 bits per heavy atom. The van der Waals surface area contributed by atoms with Crippen molar-refractivity contribution in [3.8, 4) is 5.75 Å². The molecule has 3 heteroatoms. The third kappa shape index (κ3) is 3.48. The van der Waals surface area contributed by atoms with Crippen molar-refractivity contribution in [1.29, 1.82) is 0 Å². The van der Waals surface area contributed by atoms with Crippen LogP contribution >= 0.6 is 0 Å². The standard InChI is InChI=1S/C16H26N2O/c1-12(2)13-5-6-16(19-4)14(9-13)10-15-11-17-7-8-18(15)3/h5-6,9,12,15,17H,7-8,10-11H2,1-4H3. The minimum atomic E-state index is 0.560. The molecule has 1 atom stereocenters. The van der Waals surface area contributed by atoms with Crippen LogP contribution in [-0.2, 0) is 6.42 Å². The minimum absolute atomic E-state index is 0.560. The van der Waals surface area contributed by atoms with E-state index in [-0.39, 0.29) is 0 Å². The molecule has 1 unspecified atom stereocenters. The third-order valence-electron chi connectivity index (χ3n) is 4.07. The molecule has 0 spiro atoms. The first-order valence-corrected chi connectivity index (χ1v) is 7.19. The first-order chi connectivity index (χ1) is 9.11. The van der Waals surface area contributed by atoms with Crippen LogP contribution in [0.5, 0.6) is 5.75 Å². The summed E-state index contributed by atoms with van der Waals surface area (Å²) in [5.74, 6) is 1.58. The molecule has 1 aromatic rings.